The van der Waals surface area contributed by atoms with Gasteiger partial charge >= 0.3 is 5.65 Å². The Labute approximate surface area is 312 Å². The summed E-state index contributed by atoms with van der Waals surface area (Å²) in [6.07, 6.45) is 5.70. The van der Waals surface area contributed by atoms with Crippen molar-refractivity contribution in [2.45, 2.75) is 27.2 Å². The van der Waals surface area contributed by atoms with Gasteiger partial charge in [0.25, 0.3) is 6.48 Å². The molecule has 268 valence electrons. The number of rotatable bonds is 12. The largest absolute Gasteiger partial charge is 1.00 e. The van der Waals surface area contributed by atoms with E-state index in [4.69, 9.17) is 14.2 Å². The molecule has 7 aromatic rings. The topological polar surface area (TPSA) is 86.3 Å². The zero-order valence-electron chi connectivity index (χ0n) is 29.7. The summed E-state index contributed by atoms with van der Waals surface area (Å²) >= 11 is 0. The van der Waals surface area contributed by atoms with E-state index in [2.05, 4.69) is 66.4 Å². The number of nitrogens with one attached hydrogen (secondary N) is 2. The van der Waals surface area contributed by atoms with Crippen LogP contribution >= 0.6 is 0 Å². The fourth-order valence-corrected chi connectivity index (χ4v) is 5.06. The van der Waals surface area contributed by atoms with E-state index in [9.17, 15) is 0 Å². The third-order valence-electron chi connectivity index (χ3n) is 7.36. The van der Waals surface area contributed by atoms with Crippen molar-refractivity contribution in [3.8, 4) is 11.4 Å². The van der Waals surface area contributed by atoms with Crippen LogP contribution in [-0.4, -0.2) is 40.8 Å². The van der Waals surface area contributed by atoms with Crippen LogP contribution in [0, 0.1) is 0 Å². The molecule has 0 amide bonds. The van der Waals surface area contributed by atoms with Crippen LogP contribution in [0.15, 0.2) is 164 Å². The van der Waals surface area contributed by atoms with Crippen LogP contribution in [0.5, 0.6) is 0 Å². The van der Waals surface area contributed by atoms with Crippen molar-refractivity contribution >= 4 is 34.0 Å². The number of para-hydroxylation sites is 4. The fraction of sp³-hybridized carbons (Fsp3) is 0.167. The van der Waals surface area contributed by atoms with Gasteiger partial charge in [0.05, 0.1) is 5.69 Å². The Morgan fingerprint density at radius 2 is 1.08 bits per heavy atom. The Balaban J connectivity index is 0.000000184. The summed E-state index contributed by atoms with van der Waals surface area (Å²) in [6.45, 7) is 7.10. The number of fused-ring (bicyclic) bond motifs is 1. The molecule has 0 aliphatic rings. The van der Waals surface area contributed by atoms with Gasteiger partial charge in [0.1, 0.15) is 17.6 Å². The molecule has 0 spiro atoms. The van der Waals surface area contributed by atoms with Crippen LogP contribution in [0.1, 0.15) is 20.8 Å². The maximum absolute atomic E-state index is 5.08. The highest BCUT2D eigenvalue weighted by Crippen LogP contribution is 2.25. The summed E-state index contributed by atoms with van der Waals surface area (Å²) in [7, 11) is 0. The summed E-state index contributed by atoms with van der Waals surface area (Å²) in [6, 6.07) is 48.6. The van der Waals surface area contributed by atoms with Gasteiger partial charge in [-0.05, 0) is 93.6 Å². The zero-order valence-corrected chi connectivity index (χ0v) is 30.4. The molecule has 52 heavy (non-hydrogen) atoms. The van der Waals surface area contributed by atoms with E-state index in [-0.39, 0.29) is 12.4 Å². The van der Waals surface area contributed by atoms with Gasteiger partial charge in [-0.15, -0.1) is 4.98 Å². The molecule has 3 heterocycles. The molecule has 2 N–H and O–H groups in total. The Hall–Kier alpha value is -5.58. The third kappa shape index (κ3) is 11.5. The van der Waals surface area contributed by atoms with Gasteiger partial charge in [-0.3, -0.25) is 0 Å². The molecule has 0 fully saturated rings. The summed E-state index contributed by atoms with van der Waals surface area (Å²) in [5, 5.41) is 6.69. The van der Waals surface area contributed by atoms with Crippen molar-refractivity contribution in [2.75, 3.05) is 30.5 Å². The maximum Gasteiger partial charge on any atom is 0.307 e. The van der Waals surface area contributed by atoms with Crippen LogP contribution in [0.2, 0.25) is 0 Å². The molecule has 0 radical (unpaired) electrons. The van der Waals surface area contributed by atoms with Crippen molar-refractivity contribution < 1.29 is 31.2 Å². The highest BCUT2D eigenvalue weighted by atomic mass is 35.5. The van der Waals surface area contributed by atoms with Gasteiger partial charge in [-0.1, -0.05) is 72.8 Å². The number of aromatic nitrogens is 4. The monoisotopic (exact) mass is 716 g/mol. The van der Waals surface area contributed by atoms with Gasteiger partial charge in [0.2, 0.25) is 6.33 Å². The van der Waals surface area contributed by atoms with Crippen molar-refractivity contribution in [2.24, 2.45) is 0 Å². The molecule has 10 heteroatoms. The molecule has 3 aromatic heterocycles. The molecule has 0 aliphatic heterocycles. The van der Waals surface area contributed by atoms with Crippen molar-refractivity contribution in [1.82, 2.24) is 14.5 Å². The predicted molar refractivity (Wildman–Crippen MR) is 205 cm³/mol. The molecular formula is C42H45ClN6O3. The number of halogens is 1. The van der Waals surface area contributed by atoms with Gasteiger partial charge in [0, 0.05) is 37.4 Å². The number of hydrogen-bond donors (Lipinski definition) is 2. The van der Waals surface area contributed by atoms with E-state index in [1.165, 1.54) is 0 Å². The second kappa shape index (κ2) is 21.6. The van der Waals surface area contributed by atoms with Gasteiger partial charge in [-0.2, -0.15) is 4.57 Å². The van der Waals surface area contributed by atoms with Crippen molar-refractivity contribution in [3.05, 3.63) is 164 Å². The number of imidazole rings is 1. The Bertz CT molecular complexity index is 1850. The van der Waals surface area contributed by atoms with Gasteiger partial charge in [0.15, 0.2) is 11.3 Å². The maximum atomic E-state index is 5.08. The van der Waals surface area contributed by atoms with Crippen LogP contribution in [0.3, 0.4) is 0 Å². The highest BCUT2D eigenvalue weighted by molar-refractivity contribution is 5.75. The second-order valence-corrected chi connectivity index (χ2v) is 10.9. The van der Waals surface area contributed by atoms with Crippen LogP contribution < -0.4 is 27.6 Å². The average Bonchev–Trinajstić information content (AvgIpc) is 3.58. The molecule has 0 aliphatic carbocycles. The molecular weight excluding hydrogens is 672 g/mol. The standard InChI is InChI=1S/C18H14N3.C17H15N3.C7H16O3.ClH/c1-3-8-15(9-4-1)20-14-21(16-10-5-2-6-11-16)18-17(20)12-7-13-19-18;1-3-8-14(9-4-1)19-16-12-7-13-18-17(16)20-15-10-5-2-6-11-15;1-4-8-7(9-5-2)10-6-3;/h1-14H;1-13,19H,(H,18,20);7H,4-6H2,1-3H3;1H/q+1;;;/p-1. The van der Waals surface area contributed by atoms with E-state index in [0.717, 1.165) is 45.4 Å². The van der Waals surface area contributed by atoms with Crippen LogP contribution in [0.4, 0.5) is 22.9 Å². The summed E-state index contributed by atoms with van der Waals surface area (Å²) in [4.78, 5) is 8.94. The zero-order chi connectivity index (χ0) is 35.5. The first kappa shape index (κ1) is 39.2. The van der Waals surface area contributed by atoms with Gasteiger partial charge < -0.3 is 37.3 Å². The first-order chi connectivity index (χ1) is 25.2. The summed E-state index contributed by atoms with van der Waals surface area (Å²) in [5.41, 5.74) is 7.28. The first-order valence-electron chi connectivity index (χ1n) is 17.1. The normalized spacial score (nSPS) is 10.3. The lowest BCUT2D eigenvalue weighted by Crippen LogP contribution is -3.00. The van der Waals surface area contributed by atoms with Gasteiger partial charge in [-0.25, -0.2) is 9.55 Å². The van der Waals surface area contributed by atoms with E-state index >= 15 is 0 Å². The van der Waals surface area contributed by atoms with E-state index in [0.29, 0.717) is 19.8 Å². The highest BCUT2D eigenvalue weighted by Gasteiger charge is 2.18. The Morgan fingerprint density at radius 3 is 1.65 bits per heavy atom. The smallest absolute Gasteiger partial charge is 0.307 e. The average molecular weight is 717 g/mol. The molecule has 7 rings (SSSR count). The first-order valence-corrected chi connectivity index (χ1v) is 17.1. The number of pyridine rings is 2. The van der Waals surface area contributed by atoms with E-state index < -0.39 is 6.48 Å². The van der Waals surface area contributed by atoms with Crippen LogP contribution in [-0.2, 0) is 14.2 Å². The molecule has 4 aromatic carbocycles. The second-order valence-electron chi connectivity index (χ2n) is 10.9. The molecule has 0 unspecified atom stereocenters. The molecule has 0 saturated carbocycles. The molecule has 0 bridgehead atoms. The SMILES string of the molecule is CCOC(OCC)OCC.[Cl-].c1ccc(-n2c[n+](-c3ccccc3)c3ncccc32)cc1.c1ccc(Nc2cccnc2Nc2ccccc2)cc1. The molecule has 9 nitrogen and oxygen atoms in total. The van der Waals surface area contributed by atoms with Crippen LogP contribution in [0.25, 0.3) is 22.5 Å². The summed E-state index contributed by atoms with van der Waals surface area (Å²) in [5.74, 6) is 0.808. The fourth-order valence-electron chi connectivity index (χ4n) is 5.06. The van der Waals surface area contributed by atoms with Crippen molar-refractivity contribution in [3.63, 3.8) is 0 Å². The van der Waals surface area contributed by atoms with E-state index in [1.807, 2.05) is 142 Å². The summed E-state index contributed by atoms with van der Waals surface area (Å²) < 4.78 is 19.5. The van der Waals surface area contributed by atoms with Crippen molar-refractivity contribution in [1.29, 1.82) is 0 Å². The lowest BCUT2D eigenvalue weighted by molar-refractivity contribution is -0.570. The van der Waals surface area contributed by atoms with E-state index in [1.54, 1.807) is 6.20 Å². The predicted octanol–water partition coefficient (Wildman–Crippen LogP) is 6.25. The number of benzene rings is 4. The minimum absolute atomic E-state index is 0. The Morgan fingerprint density at radius 1 is 0.577 bits per heavy atom. The quantitative estimate of drug-likeness (QED) is 0.114. The number of nitrogens with zero attached hydrogens (tertiary/aromatic N) is 4. The Kier molecular flexibility index (Phi) is 16.3. The molecule has 0 atom stereocenters. The minimum atomic E-state index is -0.472. The molecule has 0 saturated heterocycles. The number of ether oxygens (including phenoxy) is 3. The minimum Gasteiger partial charge on any atom is -1.00 e. The number of hydrogen-bond acceptors (Lipinski definition) is 7. The number of anilines is 4. The lowest BCUT2D eigenvalue weighted by atomic mass is 10.3. The third-order valence-corrected chi connectivity index (χ3v) is 7.36. The lowest BCUT2D eigenvalue weighted by Gasteiger charge is -2.15.